The van der Waals surface area contributed by atoms with Gasteiger partial charge >= 0.3 is 0 Å². The Balaban J connectivity index is 0.000000139. The predicted molar refractivity (Wildman–Crippen MR) is 559 cm³/mol. The molecule has 0 bridgehead atoms. The van der Waals surface area contributed by atoms with Gasteiger partial charge in [-0.3, -0.25) is 0 Å². The van der Waals surface area contributed by atoms with Gasteiger partial charge in [0.2, 0.25) is 0 Å². The predicted octanol–water partition coefficient (Wildman–Crippen LogP) is 35.4. The van der Waals surface area contributed by atoms with Gasteiger partial charge in [-0.25, -0.2) is 0 Å². The van der Waals surface area contributed by atoms with Crippen LogP contribution in [0.2, 0.25) is 0 Å². The van der Waals surface area contributed by atoms with Crippen molar-refractivity contribution in [3.8, 4) is 122 Å². The van der Waals surface area contributed by atoms with Gasteiger partial charge in [0.05, 0.1) is 10.8 Å². The summed E-state index contributed by atoms with van der Waals surface area (Å²) in [5.41, 5.74) is 44.4. The third kappa shape index (κ3) is 12.2. The SMILES string of the molecule is c1ccc(-c2ccc(N(c3ccc(-c4ccccc4)cc3)c3ccc(-c4cc(-c5ccc6c(c5)C5(c7ccccc7-c7ccccc75)c5ccccc5-6)cc5c4sc4ccccc45)cc3)cc2)cc1.c1ccc(-c2ccc(N(c3ccccc3)c3ccc(-c4cc(-c5ccc6c(c5)C5(c7ccccc7-c7ccccc75)c5ccccc5-6)cc5c4sc4ccccc45)cc3)cc2)cc1. The number of hydrogen-bond acceptors (Lipinski definition) is 4. The Labute approximate surface area is 776 Å². The molecule has 0 atom stereocenters. The van der Waals surface area contributed by atoms with Crippen molar-refractivity contribution in [3.05, 3.63) is 542 Å². The van der Waals surface area contributed by atoms with Crippen LogP contribution in [0.1, 0.15) is 44.5 Å². The van der Waals surface area contributed by atoms with Crippen LogP contribution in [0.15, 0.2) is 497 Å². The second kappa shape index (κ2) is 31.3. The number of rotatable bonds is 13. The van der Waals surface area contributed by atoms with Crippen LogP contribution in [0.3, 0.4) is 0 Å². The van der Waals surface area contributed by atoms with Crippen molar-refractivity contribution in [2.24, 2.45) is 0 Å². The number of benzene rings is 21. The van der Waals surface area contributed by atoms with E-state index in [9.17, 15) is 0 Å². The van der Waals surface area contributed by atoms with E-state index in [1.807, 2.05) is 22.7 Å². The summed E-state index contributed by atoms with van der Waals surface area (Å²) in [7, 11) is 0. The van der Waals surface area contributed by atoms with Gasteiger partial charge in [0, 0.05) is 85.6 Å². The second-order valence-corrected chi connectivity index (χ2v) is 37.2. The van der Waals surface area contributed by atoms with Crippen molar-refractivity contribution in [2.75, 3.05) is 9.80 Å². The molecule has 0 saturated carbocycles. The molecule has 0 amide bonds. The molecule has 0 unspecified atom stereocenters. The van der Waals surface area contributed by atoms with Crippen LogP contribution in [-0.2, 0) is 10.8 Å². The molecule has 2 aromatic heterocycles. The third-order valence-corrected chi connectivity index (χ3v) is 30.6. The topological polar surface area (TPSA) is 6.48 Å². The Kier molecular flexibility index (Phi) is 18.2. The zero-order valence-corrected chi connectivity index (χ0v) is 73.7. The number of hydrogen-bond donors (Lipinski definition) is 0. The Hall–Kier alpha value is -16.3. The molecular formula is C128H82N2S2. The lowest BCUT2D eigenvalue weighted by molar-refractivity contribution is 0.794. The van der Waals surface area contributed by atoms with Gasteiger partial charge in [-0.15, -0.1) is 22.7 Å². The second-order valence-electron chi connectivity index (χ2n) is 35.1. The highest BCUT2D eigenvalue weighted by atomic mass is 32.1. The van der Waals surface area contributed by atoms with Crippen LogP contribution in [0.4, 0.5) is 34.1 Å². The number of nitrogens with zero attached hydrogens (tertiary/aromatic N) is 2. The van der Waals surface area contributed by atoms with Crippen molar-refractivity contribution < 1.29 is 0 Å². The van der Waals surface area contributed by atoms with Gasteiger partial charge in [0.1, 0.15) is 0 Å². The number of fused-ring (bicyclic) bond motifs is 26. The highest BCUT2D eigenvalue weighted by Crippen LogP contribution is 2.66. The van der Waals surface area contributed by atoms with Crippen LogP contribution in [0.5, 0.6) is 0 Å². The first-order valence-corrected chi connectivity index (χ1v) is 47.2. The van der Waals surface area contributed by atoms with Crippen molar-refractivity contribution >= 4 is 97.1 Å². The fraction of sp³-hybridized carbons (Fsp3) is 0.0156. The molecule has 23 aromatic rings. The fourth-order valence-electron chi connectivity index (χ4n) is 22.3. The van der Waals surface area contributed by atoms with E-state index in [0.29, 0.717) is 0 Å². The lowest BCUT2D eigenvalue weighted by Crippen LogP contribution is -2.25. The van der Waals surface area contributed by atoms with Gasteiger partial charge in [0.25, 0.3) is 0 Å². The van der Waals surface area contributed by atoms with Gasteiger partial charge in [-0.05, 0) is 277 Å². The molecule has 0 radical (unpaired) electrons. The van der Waals surface area contributed by atoms with Gasteiger partial charge < -0.3 is 9.80 Å². The fourth-order valence-corrected chi connectivity index (χ4v) is 24.8. The summed E-state index contributed by atoms with van der Waals surface area (Å²) < 4.78 is 5.22. The molecule has 0 saturated heterocycles. The molecule has 2 heterocycles. The monoisotopic (exact) mass is 1710 g/mol. The van der Waals surface area contributed by atoms with Crippen LogP contribution < -0.4 is 9.80 Å². The Morgan fingerprint density at radius 2 is 0.364 bits per heavy atom. The van der Waals surface area contributed by atoms with E-state index in [1.165, 1.54) is 207 Å². The highest BCUT2D eigenvalue weighted by Gasteiger charge is 2.53. The van der Waals surface area contributed by atoms with E-state index in [2.05, 4.69) is 507 Å². The Bertz CT molecular complexity index is 8260. The summed E-state index contributed by atoms with van der Waals surface area (Å²) in [6, 6.07) is 184. The van der Waals surface area contributed by atoms with E-state index in [0.717, 1.165) is 34.1 Å². The number of thiophene rings is 2. The molecule has 132 heavy (non-hydrogen) atoms. The molecule has 27 rings (SSSR count). The minimum Gasteiger partial charge on any atom is -0.311 e. The Morgan fingerprint density at radius 1 is 0.136 bits per heavy atom. The normalized spacial score (nSPS) is 12.8. The van der Waals surface area contributed by atoms with Crippen LogP contribution in [0, 0.1) is 0 Å². The third-order valence-electron chi connectivity index (χ3n) is 28.2. The number of anilines is 6. The summed E-state index contributed by atoms with van der Waals surface area (Å²) in [4.78, 5) is 4.72. The van der Waals surface area contributed by atoms with Crippen LogP contribution in [-0.4, -0.2) is 0 Å². The smallest absolute Gasteiger partial charge is 0.0725 e. The van der Waals surface area contributed by atoms with Crippen molar-refractivity contribution in [1.29, 1.82) is 0 Å². The zero-order chi connectivity index (χ0) is 87.0. The van der Waals surface area contributed by atoms with E-state index in [-0.39, 0.29) is 5.41 Å². The van der Waals surface area contributed by atoms with E-state index < -0.39 is 5.41 Å². The Morgan fingerprint density at radius 3 is 0.667 bits per heavy atom. The summed E-state index contributed by atoms with van der Waals surface area (Å²) in [6.07, 6.45) is 0. The summed E-state index contributed by atoms with van der Waals surface area (Å²) in [5.74, 6) is 0. The minimum absolute atomic E-state index is 0.389. The van der Waals surface area contributed by atoms with Crippen molar-refractivity contribution in [2.45, 2.75) is 10.8 Å². The average molecular weight is 1710 g/mol. The van der Waals surface area contributed by atoms with E-state index in [1.54, 1.807) is 0 Å². The quantitative estimate of drug-likeness (QED) is 0.114. The molecule has 4 aliphatic rings. The molecule has 2 spiro atoms. The van der Waals surface area contributed by atoms with E-state index in [4.69, 9.17) is 0 Å². The van der Waals surface area contributed by atoms with Crippen molar-refractivity contribution in [3.63, 3.8) is 0 Å². The first-order valence-electron chi connectivity index (χ1n) is 45.6. The molecule has 616 valence electrons. The molecule has 0 aliphatic heterocycles. The zero-order valence-electron chi connectivity index (χ0n) is 72.1. The molecular weight excluding hydrogens is 1630 g/mol. The minimum atomic E-state index is -0.400. The van der Waals surface area contributed by atoms with Crippen molar-refractivity contribution in [1.82, 2.24) is 0 Å². The molecule has 2 nitrogen and oxygen atoms in total. The van der Waals surface area contributed by atoms with Crippen LogP contribution >= 0.6 is 22.7 Å². The maximum absolute atomic E-state index is 2.51. The van der Waals surface area contributed by atoms with Gasteiger partial charge in [-0.2, -0.15) is 0 Å². The maximum atomic E-state index is 2.51. The lowest BCUT2D eigenvalue weighted by atomic mass is 9.70. The van der Waals surface area contributed by atoms with E-state index >= 15 is 0 Å². The van der Waals surface area contributed by atoms with Crippen LogP contribution in [0.25, 0.3) is 163 Å². The molecule has 4 heteroatoms. The molecule has 0 fully saturated rings. The first-order chi connectivity index (χ1) is 65.4. The highest BCUT2D eigenvalue weighted by molar-refractivity contribution is 7.26. The van der Waals surface area contributed by atoms with Gasteiger partial charge in [-0.1, -0.05) is 376 Å². The standard InChI is InChI=1S/C67H43NS.C61H39NS/c1-3-15-44(16-4-1)46-27-34-51(35-28-46)68(52-36-29-47(30-37-52)45-17-5-2-6-18-45)53-38-31-48(32-39-53)59-41-50(42-60-58-22-10-14-26-65(58)69-66(59)60)49-33-40-57-56-21-9-13-25-63(56)67(64(57)43-49)61-23-11-7-19-54(61)55-20-8-12-24-62(55)67;1-3-15-40(16-4-1)41-27-32-46(33-28-41)62(45-17-5-2-6-18-45)47-34-29-42(30-35-47)53-37-44(38-54-52-22-10-14-26-59(52)63-60(53)54)43-31-36-51-50-21-9-13-25-57(50)61(58(51)39-43)55-23-11-7-19-48(55)49-20-8-12-24-56(49)61/h1-43H;1-39H. The average Bonchev–Trinajstić information content (AvgIpc) is 1.51. The summed E-state index contributed by atoms with van der Waals surface area (Å²) in [5, 5.41) is 5.19. The lowest BCUT2D eigenvalue weighted by Gasteiger charge is -2.30. The molecule has 4 aliphatic carbocycles. The summed E-state index contributed by atoms with van der Waals surface area (Å²) >= 11 is 3.78. The summed E-state index contributed by atoms with van der Waals surface area (Å²) in [6.45, 7) is 0. The largest absolute Gasteiger partial charge is 0.311 e. The number of para-hydroxylation sites is 1. The molecule has 21 aromatic carbocycles. The molecule has 0 N–H and O–H groups in total. The maximum Gasteiger partial charge on any atom is 0.0725 e. The first kappa shape index (κ1) is 76.9. The van der Waals surface area contributed by atoms with Gasteiger partial charge in [0.15, 0.2) is 0 Å².